The Morgan fingerprint density at radius 1 is 1.40 bits per heavy atom. The van der Waals surface area contributed by atoms with Gasteiger partial charge in [-0.1, -0.05) is 17.7 Å². The minimum Gasteiger partial charge on any atom is -0.466 e. The maximum atomic E-state index is 13.8. The predicted octanol–water partition coefficient (Wildman–Crippen LogP) is 3.35. The molecule has 0 radical (unpaired) electrons. The van der Waals surface area contributed by atoms with E-state index < -0.39 is 17.7 Å². The van der Waals surface area contributed by atoms with Crippen LogP contribution in [0.2, 0.25) is 5.02 Å². The highest BCUT2D eigenvalue weighted by atomic mass is 35.5. The van der Waals surface area contributed by atoms with Gasteiger partial charge in [0.25, 0.3) is 0 Å². The van der Waals surface area contributed by atoms with Crippen molar-refractivity contribution in [1.82, 2.24) is 5.32 Å². The lowest BCUT2D eigenvalue weighted by molar-refractivity contribution is -0.136. The fraction of sp³-hybridized carbons (Fsp3) is 0.333. The molecule has 1 aliphatic rings. The molecule has 1 aromatic rings. The number of nitrogens with one attached hydrogen (secondary N) is 1. The molecule has 1 unspecified atom stereocenters. The first-order chi connectivity index (χ1) is 11.9. The van der Waals surface area contributed by atoms with E-state index in [1.54, 1.807) is 13.8 Å². The van der Waals surface area contributed by atoms with Crippen molar-refractivity contribution < 1.29 is 18.7 Å². The molecule has 1 atom stereocenters. The molecule has 0 fully saturated rings. The van der Waals surface area contributed by atoms with Gasteiger partial charge in [0.15, 0.2) is 0 Å². The number of ether oxygens (including phenoxy) is 2. The number of carbonyl (C=O) groups excluding carboxylic acids is 1. The minimum absolute atomic E-state index is 0.120. The summed E-state index contributed by atoms with van der Waals surface area (Å²) in [6.45, 7) is 3.39. The van der Waals surface area contributed by atoms with Crippen molar-refractivity contribution >= 4 is 17.6 Å². The number of hydrogen-bond donors (Lipinski definition) is 1. The zero-order valence-corrected chi connectivity index (χ0v) is 15.1. The van der Waals surface area contributed by atoms with Crippen LogP contribution in [0.3, 0.4) is 0 Å². The number of esters is 1. The number of benzene rings is 1. The second kappa shape index (κ2) is 7.68. The van der Waals surface area contributed by atoms with E-state index in [4.69, 9.17) is 21.1 Å². The fourth-order valence-electron chi connectivity index (χ4n) is 2.87. The van der Waals surface area contributed by atoms with E-state index in [2.05, 4.69) is 11.4 Å². The average Bonchev–Trinajstić information content (AvgIpc) is 2.59. The predicted molar refractivity (Wildman–Crippen MR) is 91.3 cm³/mol. The van der Waals surface area contributed by atoms with Crippen molar-refractivity contribution in [2.24, 2.45) is 0 Å². The third kappa shape index (κ3) is 3.39. The number of nitriles is 1. The van der Waals surface area contributed by atoms with Gasteiger partial charge in [0.2, 0.25) is 0 Å². The molecule has 7 heteroatoms. The van der Waals surface area contributed by atoms with E-state index in [9.17, 15) is 14.4 Å². The normalized spacial score (nSPS) is 17.2. The number of hydrogen-bond acceptors (Lipinski definition) is 5. The number of carbonyl (C=O) groups is 1. The first-order valence-corrected chi connectivity index (χ1v) is 7.87. The van der Waals surface area contributed by atoms with Crippen LogP contribution in [0.4, 0.5) is 4.39 Å². The van der Waals surface area contributed by atoms with Crippen molar-refractivity contribution in [3.8, 4) is 6.07 Å². The Balaban J connectivity index is 2.79. The molecule has 1 aliphatic heterocycles. The lowest BCUT2D eigenvalue weighted by Gasteiger charge is -2.30. The lowest BCUT2D eigenvalue weighted by Crippen LogP contribution is -2.31. The standard InChI is InChI=1S/C18H18ClFN2O3/c1-9-13(20)6-5-11(17(9)19)15-12(7-21)10(2)22-14(8-24-3)16(15)18(23)25-4/h5-6,15,22H,8H2,1-4H3. The summed E-state index contributed by atoms with van der Waals surface area (Å²) in [6, 6.07) is 4.87. The lowest BCUT2D eigenvalue weighted by atomic mass is 9.80. The van der Waals surface area contributed by atoms with Crippen LogP contribution in [0.1, 0.15) is 24.0 Å². The van der Waals surface area contributed by atoms with E-state index in [1.165, 1.54) is 26.4 Å². The van der Waals surface area contributed by atoms with Gasteiger partial charge in [-0.25, -0.2) is 9.18 Å². The Morgan fingerprint density at radius 3 is 2.64 bits per heavy atom. The summed E-state index contributed by atoms with van der Waals surface area (Å²) in [4.78, 5) is 12.4. The molecule has 0 aliphatic carbocycles. The van der Waals surface area contributed by atoms with Gasteiger partial charge in [-0.15, -0.1) is 0 Å². The molecule has 0 aromatic heterocycles. The SMILES string of the molecule is COCC1=C(C(=O)OC)C(c2ccc(F)c(C)c2Cl)C(C#N)=C(C)N1. The smallest absolute Gasteiger partial charge is 0.336 e. The molecule has 0 saturated carbocycles. The van der Waals surface area contributed by atoms with Gasteiger partial charge in [-0.3, -0.25) is 0 Å². The number of halogens is 2. The van der Waals surface area contributed by atoms with E-state index in [-0.39, 0.29) is 22.8 Å². The van der Waals surface area contributed by atoms with E-state index in [0.29, 0.717) is 22.5 Å². The molecule has 0 amide bonds. The molecule has 0 bridgehead atoms. The summed E-state index contributed by atoms with van der Waals surface area (Å²) >= 11 is 6.34. The van der Waals surface area contributed by atoms with E-state index in [0.717, 1.165) is 0 Å². The van der Waals surface area contributed by atoms with Crippen LogP contribution in [0.25, 0.3) is 0 Å². The maximum Gasteiger partial charge on any atom is 0.336 e. The van der Waals surface area contributed by atoms with Crippen molar-refractivity contribution in [3.05, 3.63) is 56.6 Å². The highest BCUT2D eigenvalue weighted by Crippen LogP contribution is 2.42. The van der Waals surface area contributed by atoms with Crippen LogP contribution in [-0.2, 0) is 14.3 Å². The Bertz CT molecular complexity index is 824. The Morgan fingerprint density at radius 2 is 2.08 bits per heavy atom. The van der Waals surface area contributed by atoms with Crippen molar-refractivity contribution in [2.75, 3.05) is 20.8 Å². The van der Waals surface area contributed by atoms with Crippen molar-refractivity contribution in [2.45, 2.75) is 19.8 Å². The van der Waals surface area contributed by atoms with Crippen molar-refractivity contribution in [1.29, 1.82) is 5.26 Å². The van der Waals surface area contributed by atoms with Gasteiger partial charge in [0.05, 0.1) is 47.6 Å². The van der Waals surface area contributed by atoms with Gasteiger partial charge >= 0.3 is 5.97 Å². The minimum atomic E-state index is -0.768. The average molecular weight is 365 g/mol. The molecular weight excluding hydrogens is 347 g/mol. The van der Waals surface area contributed by atoms with E-state index >= 15 is 0 Å². The van der Waals surface area contributed by atoms with Crippen LogP contribution < -0.4 is 5.32 Å². The summed E-state index contributed by atoms with van der Waals surface area (Å²) in [6.07, 6.45) is 0. The van der Waals surface area contributed by atoms with Gasteiger partial charge < -0.3 is 14.8 Å². The molecule has 1 aromatic carbocycles. The van der Waals surface area contributed by atoms with Crippen LogP contribution >= 0.6 is 11.6 Å². The van der Waals surface area contributed by atoms with E-state index in [1.807, 2.05) is 0 Å². The molecule has 1 heterocycles. The summed E-state index contributed by atoms with van der Waals surface area (Å²) in [5.74, 6) is -1.83. The number of dihydropyridines is 1. The van der Waals surface area contributed by atoms with Gasteiger partial charge in [-0.2, -0.15) is 5.26 Å². The molecule has 5 nitrogen and oxygen atoms in total. The largest absolute Gasteiger partial charge is 0.466 e. The summed E-state index contributed by atoms with van der Waals surface area (Å²) in [7, 11) is 2.75. The Kier molecular flexibility index (Phi) is 5.83. The first kappa shape index (κ1) is 19.0. The molecule has 25 heavy (non-hydrogen) atoms. The first-order valence-electron chi connectivity index (χ1n) is 7.50. The number of methoxy groups -OCH3 is 2. The second-order valence-corrected chi connectivity index (χ2v) is 5.98. The fourth-order valence-corrected chi connectivity index (χ4v) is 3.13. The number of rotatable bonds is 4. The van der Waals surface area contributed by atoms with Crippen molar-refractivity contribution in [3.63, 3.8) is 0 Å². The number of nitrogens with zero attached hydrogens (tertiary/aromatic N) is 1. The summed E-state index contributed by atoms with van der Waals surface area (Å²) < 4.78 is 23.9. The quantitative estimate of drug-likeness (QED) is 0.829. The monoisotopic (exact) mass is 364 g/mol. The Labute approximate surface area is 150 Å². The third-order valence-electron chi connectivity index (χ3n) is 4.12. The molecular formula is C18H18ClFN2O3. The molecule has 0 saturated heterocycles. The number of allylic oxidation sites excluding steroid dienone is 2. The third-order valence-corrected chi connectivity index (χ3v) is 4.62. The van der Waals surface area contributed by atoms with Crippen LogP contribution in [0.5, 0.6) is 0 Å². The molecule has 2 rings (SSSR count). The molecule has 0 spiro atoms. The summed E-state index contributed by atoms with van der Waals surface area (Å²) in [5.41, 5.74) is 2.31. The van der Waals surface area contributed by atoms with Gasteiger partial charge in [0, 0.05) is 18.4 Å². The highest BCUT2D eigenvalue weighted by Gasteiger charge is 2.36. The zero-order valence-electron chi connectivity index (χ0n) is 14.4. The molecule has 132 valence electrons. The second-order valence-electron chi connectivity index (χ2n) is 5.60. The summed E-state index contributed by atoms with van der Waals surface area (Å²) in [5, 5.41) is 12.8. The van der Waals surface area contributed by atoms with Crippen LogP contribution in [0.15, 0.2) is 34.7 Å². The molecule has 1 N–H and O–H groups in total. The van der Waals surface area contributed by atoms with Gasteiger partial charge in [0.1, 0.15) is 5.82 Å². The van der Waals surface area contributed by atoms with Crippen LogP contribution in [0, 0.1) is 24.1 Å². The van der Waals surface area contributed by atoms with Gasteiger partial charge in [-0.05, 0) is 25.5 Å². The zero-order chi connectivity index (χ0) is 18.7. The Hall–Kier alpha value is -2.36. The maximum absolute atomic E-state index is 13.8. The topological polar surface area (TPSA) is 71.3 Å². The highest BCUT2D eigenvalue weighted by molar-refractivity contribution is 6.32. The van der Waals surface area contributed by atoms with Crippen LogP contribution in [-0.4, -0.2) is 26.8 Å².